The van der Waals surface area contributed by atoms with Gasteiger partial charge in [-0.3, -0.25) is 4.79 Å². The van der Waals surface area contributed by atoms with Crippen LogP contribution in [0.1, 0.15) is 38.7 Å². The Kier molecular flexibility index (Phi) is 2.19. The maximum absolute atomic E-state index is 11.6. The highest BCUT2D eigenvalue weighted by molar-refractivity contribution is 6.30. The van der Waals surface area contributed by atoms with E-state index in [9.17, 15) is 4.79 Å². The molecule has 3 unspecified atom stereocenters. The maximum atomic E-state index is 11.6. The van der Waals surface area contributed by atoms with E-state index >= 15 is 0 Å². The molecule has 1 aromatic carbocycles. The SMILES string of the molecule is [2H]C1CC(=O)NC2CCc3cc(Cl)ccc3C12C. The minimum atomic E-state index is -0.378. The van der Waals surface area contributed by atoms with Gasteiger partial charge in [0.25, 0.3) is 0 Å². The lowest BCUT2D eigenvalue weighted by Crippen LogP contribution is -2.55. The van der Waals surface area contributed by atoms with Crippen molar-refractivity contribution in [3.05, 3.63) is 34.3 Å². The van der Waals surface area contributed by atoms with Gasteiger partial charge in [-0.05, 0) is 42.5 Å². The van der Waals surface area contributed by atoms with E-state index in [1.165, 1.54) is 11.1 Å². The Morgan fingerprint density at radius 1 is 1.53 bits per heavy atom. The zero-order chi connectivity index (χ0) is 12.9. The molecule has 0 radical (unpaired) electrons. The van der Waals surface area contributed by atoms with Crippen LogP contribution in [0, 0.1) is 0 Å². The summed E-state index contributed by atoms with van der Waals surface area (Å²) < 4.78 is 8.31. The molecule has 17 heavy (non-hydrogen) atoms. The van der Waals surface area contributed by atoms with E-state index in [0.29, 0.717) is 0 Å². The summed E-state index contributed by atoms with van der Waals surface area (Å²) in [6, 6.07) is 6.00. The van der Waals surface area contributed by atoms with Gasteiger partial charge < -0.3 is 5.32 Å². The minimum absolute atomic E-state index is 0.00916. The van der Waals surface area contributed by atoms with Gasteiger partial charge in [0, 0.05) is 24.3 Å². The number of aryl methyl sites for hydroxylation is 1. The molecule has 0 aromatic heterocycles. The van der Waals surface area contributed by atoms with Gasteiger partial charge in [-0.25, -0.2) is 0 Å². The topological polar surface area (TPSA) is 29.1 Å². The molecule has 0 saturated carbocycles. The molecule has 3 heteroatoms. The van der Waals surface area contributed by atoms with Crippen molar-refractivity contribution in [1.29, 1.82) is 0 Å². The van der Waals surface area contributed by atoms with Crippen molar-refractivity contribution in [2.24, 2.45) is 0 Å². The van der Waals surface area contributed by atoms with Crippen LogP contribution in [0.25, 0.3) is 0 Å². The van der Waals surface area contributed by atoms with E-state index in [0.717, 1.165) is 17.9 Å². The highest BCUT2D eigenvalue weighted by Crippen LogP contribution is 2.43. The van der Waals surface area contributed by atoms with E-state index in [1.54, 1.807) is 0 Å². The van der Waals surface area contributed by atoms with Gasteiger partial charge in [0.2, 0.25) is 5.91 Å². The highest BCUT2D eigenvalue weighted by Gasteiger charge is 2.43. The number of nitrogens with one attached hydrogen (secondary N) is 1. The van der Waals surface area contributed by atoms with Gasteiger partial charge in [-0.15, -0.1) is 0 Å². The van der Waals surface area contributed by atoms with Crippen molar-refractivity contribution in [2.75, 3.05) is 0 Å². The van der Waals surface area contributed by atoms with E-state index in [4.69, 9.17) is 13.0 Å². The van der Waals surface area contributed by atoms with Crippen molar-refractivity contribution in [3.63, 3.8) is 0 Å². The zero-order valence-corrected chi connectivity index (χ0v) is 10.6. The van der Waals surface area contributed by atoms with Crippen LogP contribution < -0.4 is 5.32 Å². The summed E-state index contributed by atoms with van der Waals surface area (Å²) in [4.78, 5) is 11.6. The van der Waals surface area contributed by atoms with Crippen LogP contribution in [0.4, 0.5) is 0 Å². The molecule has 1 amide bonds. The first-order valence-electron chi connectivity index (χ1n) is 6.60. The number of hydrogen-bond donors (Lipinski definition) is 1. The van der Waals surface area contributed by atoms with Crippen LogP contribution >= 0.6 is 11.6 Å². The van der Waals surface area contributed by atoms with Crippen LogP contribution in [0.5, 0.6) is 0 Å². The Bertz CT molecular complexity index is 519. The number of hydrogen-bond acceptors (Lipinski definition) is 1. The number of fused-ring (bicyclic) bond motifs is 3. The molecule has 1 aliphatic heterocycles. The van der Waals surface area contributed by atoms with Gasteiger partial charge in [-0.1, -0.05) is 24.6 Å². The second kappa shape index (κ2) is 3.74. The average Bonchev–Trinajstić information content (AvgIpc) is 2.31. The lowest BCUT2D eigenvalue weighted by atomic mass is 9.64. The van der Waals surface area contributed by atoms with E-state index in [-0.39, 0.29) is 30.2 Å². The predicted molar refractivity (Wildman–Crippen MR) is 68.3 cm³/mol. The normalized spacial score (nSPS) is 36.6. The quantitative estimate of drug-likeness (QED) is 0.754. The maximum Gasteiger partial charge on any atom is 0.220 e. The number of benzene rings is 1. The Balaban J connectivity index is 2.12. The Morgan fingerprint density at radius 3 is 3.18 bits per heavy atom. The Morgan fingerprint density at radius 2 is 2.35 bits per heavy atom. The summed E-state index contributed by atoms with van der Waals surface area (Å²) in [6.45, 7) is 2.10. The molecule has 1 aromatic rings. The Hall–Kier alpha value is -1.02. The number of halogens is 1. The highest BCUT2D eigenvalue weighted by atomic mass is 35.5. The molecule has 1 N–H and O–H groups in total. The fraction of sp³-hybridized carbons (Fsp3) is 0.500. The summed E-state index contributed by atoms with van der Waals surface area (Å²) in [7, 11) is 0. The summed E-state index contributed by atoms with van der Waals surface area (Å²) >= 11 is 6.04. The van der Waals surface area contributed by atoms with Crippen molar-refractivity contribution in [3.8, 4) is 0 Å². The van der Waals surface area contributed by atoms with Gasteiger partial charge in [-0.2, -0.15) is 0 Å². The van der Waals surface area contributed by atoms with Crippen LogP contribution in [0.3, 0.4) is 0 Å². The van der Waals surface area contributed by atoms with Crippen molar-refractivity contribution in [1.82, 2.24) is 5.32 Å². The molecule has 2 nitrogen and oxygen atoms in total. The molecule has 90 valence electrons. The van der Waals surface area contributed by atoms with Crippen LogP contribution in [0.15, 0.2) is 18.2 Å². The van der Waals surface area contributed by atoms with E-state index in [2.05, 4.69) is 12.2 Å². The van der Waals surface area contributed by atoms with Crippen LogP contribution in [-0.2, 0) is 16.6 Å². The molecule has 1 aliphatic carbocycles. The van der Waals surface area contributed by atoms with Crippen LogP contribution in [-0.4, -0.2) is 11.9 Å². The molecule has 3 rings (SSSR count). The van der Waals surface area contributed by atoms with Crippen molar-refractivity contribution < 1.29 is 6.17 Å². The third-order valence-corrected chi connectivity index (χ3v) is 4.36. The molecule has 1 heterocycles. The van der Waals surface area contributed by atoms with Crippen molar-refractivity contribution in [2.45, 2.75) is 44.0 Å². The smallest absolute Gasteiger partial charge is 0.220 e. The molecule has 1 fully saturated rings. The van der Waals surface area contributed by atoms with Gasteiger partial charge in [0.15, 0.2) is 0 Å². The number of carbonyl (C=O) groups excluding carboxylic acids is 1. The van der Waals surface area contributed by atoms with Gasteiger partial charge in [0.05, 0.1) is 0 Å². The van der Waals surface area contributed by atoms with Crippen molar-refractivity contribution >= 4 is 17.5 Å². The fourth-order valence-electron chi connectivity index (χ4n) is 3.11. The molecule has 1 saturated heterocycles. The molecule has 2 aliphatic rings. The summed E-state index contributed by atoms with van der Waals surface area (Å²) in [5, 5.41) is 3.80. The summed E-state index contributed by atoms with van der Waals surface area (Å²) in [6.07, 6.45) is 1.72. The minimum Gasteiger partial charge on any atom is -0.352 e. The number of amides is 1. The first-order valence-corrected chi connectivity index (χ1v) is 6.40. The fourth-order valence-corrected chi connectivity index (χ4v) is 3.31. The largest absolute Gasteiger partial charge is 0.352 e. The molecule has 3 atom stereocenters. The van der Waals surface area contributed by atoms with Crippen LogP contribution in [0.2, 0.25) is 5.02 Å². The number of rotatable bonds is 0. The number of carbonyl (C=O) groups is 1. The Labute approximate surface area is 108 Å². The second-order valence-electron chi connectivity index (χ2n) is 5.15. The van der Waals surface area contributed by atoms with E-state index in [1.807, 2.05) is 18.2 Å². The first-order chi connectivity index (χ1) is 8.51. The monoisotopic (exact) mass is 250 g/mol. The van der Waals surface area contributed by atoms with E-state index < -0.39 is 0 Å². The second-order valence-corrected chi connectivity index (χ2v) is 5.59. The lowest BCUT2D eigenvalue weighted by Gasteiger charge is -2.46. The average molecular weight is 251 g/mol. The molecular weight excluding hydrogens is 234 g/mol. The number of piperidine rings is 1. The first kappa shape index (κ1) is 9.95. The molecule has 0 spiro atoms. The zero-order valence-electron chi connectivity index (χ0n) is 10.8. The summed E-state index contributed by atoms with van der Waals surface area (Å²) in [5.41, 5.74) is 2.13. The lowest BCUT2D eigenvalue weighted by molar-refractivity contribution is -0.125. The third kappa shape index (κ3) is 1.66. The van der Waals surface area contributed by atoms with Gasteiger partial charge in [0.1, 0.15) is 0 Å². The predicted octanol–water partition coefficient (Wildman–Crippen LogP) is 2.82. The molecular formula is C14H16ClNO. The molecule has 0 bridgehead atoms. The third-order valence-electron chi connectivity index (χ3n) is 4.12. The van der Waals surface area contributed by atoms with Gasteiger partial charge >= 0.3 is 0 Å². The standard InChI is InChI=1S/C14H16ClNO/c1-14-7-6-13(17)16-12(14)5-2-9-8-10(15)3-4-11(9)14/h3-4,8,12H,2,5-7H2,1H3,(H,16,17)/i7D. The summed E-state index contributed by atoms with van der Waals surface area (Å²) in [5.74, 6) is 0.00916.